The maximum Gasteiger partial charge on any atom is 0.338 e. The van der Waals surface area contributed by atoms with Crippen LogP contribution in [0.25, 0.3) is 0 Å². The van der Waals surface area contributed by atoms with E-state index in [2.05, 4.69) is 0 Å². The Labute approximate surface area is 106 Å². The minimum atomic E-state index is -0.515. The second kappa shape index (κ2) is 5.32. The zero-order chi connectivity index (χ0) is 13.1. The summed E-state index contributed by atoms with van der Waals surface area (Å²) in [6.45, 7) is 5.15. The van der Waals surface area contributed by atoms with Gasteiger partial charge in [0, 0.05) is 10.4 Å². The lowest BCUT2D eigenvalue weighted by molar-refractivity contribution is -0.129. The fraction of sp³-hybridized carbons (Fsp3) is 0.385. The minimum absolute atomic E-state index is 0.111. The van der Waals surface area contributed by atoms with Crippen molar-refractivity contribution in [2.75, 3.05) is 6.61 Å². The lowest BCUT2D eigenvalue weighted by Crippen LogP contribution is -2.26. The van der Waals surface area contributed by atoms with E-state index in [-0.39, 0.29) is 12.4 Å². The van der Waals surface area contributed by atoms with Crippen LogP contribution in [0.3, 0.4) is 0 Å². The molecule has 0 fully saturated rings. The number of carbonyl (C=O) groups excluding carboxylic acids is 2. The summed E-state index contributed by atoms with van der Waals surface area (Å²) in [5.74, 6) is -0.626. The summed E-state index contributed by atoms with van der Waals surface area (Å²) < 4.78 is 4.92. The molecule has 0 radical (unpaired) electrons. The van der Waals surface area contributed by atoms with E-state index in [1.165, 1.54) is 0 Å². The number of halogens is 1. The van der Waals surface area contributed by atoms with E-state index >= 15 is 0 Å². The molecule has 92 valence electrons. The van der Waals surface area contributed by atoms with E-state index in [0.29, 0.717) is 10.6 Å². The number of hydrogen-bond donors (Lipinski definition) is 0. The van der Waals surface area contributed by atoms with E-state index < -0.39 is 11.4 Å². The van der Waals surface area contributed by atoms with Crippen molar-refractivity contribution in [3.63, 3.8) is 0 Å². The third-order valence-electron chi connectivity index (χ3n) is 2.25. The molecule has 0 atom stereocenters. The normalized spacial score (nSPS) is 11.1. The first-order valence-corrected chi connectivity index (χ1v) is 5.64. The third kappa shape index (κ3) is 4.19. The van der Waals surface area contributed by atoms with Gasteiger partial charge in [0.25, 0.3) is 0 Å². The van der Waals surface area contributed by atoms with Gasteiger partial charge < -0.3 is 4.74 Å². The van der Waals surface area contributed by atoms with E-state index in [4.69, 9.17) is 16.3 Å². The van der Waals surface area contributed by atoms with Crippen LogP contribution in [0.5, 0.6) is 0 Å². The van der Waals surface area contributed by atoms with Crippen LogP contribution in [-0.4, -0.2) is 18.4 Å². The zero-order valence-electron chi connectivity index (χ0n) is 10.1. The van der Waals surface area contributed by atoms with Crippen LogP contribution in [0.2, 0.25) is 5.02 Å². The van der Waals surface area contributed by atoms with Crippen LogP contribution in [0, 0.1) is 5.41 Å². The molecule has 0 heterocycles. The number of ether oxygens (including phenoxy) is 1. The summed E-state index contributed by atoms with van der Waals surface area (Å²) in [6, 6.07) is 6.33. The van der Waals surface area contributed by atoms with Crippen LogP contribution in [-0.2, 0) is 9.53 Å². The van der Waals surface area contributed by atoms with Crippen LogP contribution in [0.15, 0.2) is 24.3 Å². The summed E-state index contributed by atoms with van der Waals surface area (Å²) in [5.41, 5.74) is -0.114. The fourth-order valence-corrected chi connectivity index (χ4v) is 1.14. The van der Waals surface area contributed by atoms with Crippen molar-refractivity contribution in [3.8, 4) is 0 Å². The third-order valence-corrected chi connectivity index (χ3v) is 2.50. The highest BCUT2D eigenvalue weighted by Crippen LogP contribution is 2.15. The van der Waals surface area contributed by atoms with Crippen LogP contribution >= 0.6 is 11.6 Å². The first-order chi connectivity index (χ1) is 7.80. The number of carbonyl (C=O) groups is 2. The maximum atomic E-state index is 11.6. The summed E-state index contributed by atoms with van der Waals surface area (Å²) in [5, 5.41) is 0.548. The number of benzene rings is 1. The molecular weight excluding hydrogens is 240 g/mol. The van der Waals surface area contributed by atoms with Crippen molar-refractivity contribution in [1.82, 2.24) is 0 Å². The van der Waals surface area contributed by atoms with E-state index in [1.807, 2.05) is 0 Å². The molecular formula is C13H15ClO3. The minimum Gasteiger partial charge on any atom is -0.454 e. The quantitative estimate of drug-likeness (QED) is 0.779. The Morgan fingerprint density at radius 2 is 1.71 bits per heavy atom. The number of hydrogen-bond acceptors (Lipinski definition) is 3. The smallest absolute Gasteiger partial charge is 0.338 e. The van der Waals surface area contributed by atoms with Crippen molar-refractivity contribution in [1.29, 1.82) is 0 Å². The molecule has 0 aromatic heterocycles. The molecule has 0 N–H and O–H groups in total. The Bertz CT molecular complexity index is 415. The predicted octanol–water partition coefficient (Wildman–Crippen LogP) is 3.11. The standard InChI is InChI=1S/C13H15ClO3/c1-13(2,3)11(15)8-17-12(16)9-4-6-10(14)7-5-9/h4-7H,8H2,1-3H3. The lowest BCUT2D eigenvalue weighted by atomic mass is 9.91. The molecule has 3 nitrogen and oxygen atoms in total. The monoisotopic (exact) mass is 254 g/mol. The van der Waals surface area contributed by atoms with Gasteiger partial charge in [-0.2, -0.15) is 0 Å². The second-order valence-electron chi connectivity index (χ2n) is 4.76. The highest BCUT2D eigenvalue weighted by atomic mass is 35.5. The lowest BCUT2D eigenvalue weighted by Gasteiger charge is -2.16. The van der Waals surface area contributed by atoms with Gasteiger partial charge in [-0.3, -0.25) is 4.79 Å². The predicted molar refractivity (Wildman–Crippen MR) is 66.2 cm³/mol. The second-order valence-corrected chi connectivity index (χ2v) is 5.19. The average Bonchev–Trinajstić information content (AvgIpc) is 2.25. The Kier molecular flexibility index (Phi) is 4.29. The van der Waals surface area contributed by atoms with Crippen molar-refractivity contribution in [2.24, 2.45) is 5.41 Å². The molecule has 0 bridgehead atoms. The highest BCUT2D eigenvalue weighted by molar-refractivity contribution is 6.30. The van der Waals surface area contributed by atoms with E-state index in [9.17, 15) is 9.59 Å². The maximum absolute atomic E-state index is 11.6. The topological polar surface area (TPSA) is 43.4 Å². The Morgan fingerprint density at radius 1 is 1.18 bits per heavy atom. The number of ketones is 1. The van der Waals surface area contributed by atoms with E-state index in [0.717, 1.165) is 0 Å². The van der Waals surface area contributed by atoms with Crippen molar-refractivity contribution < 1.29 is 14.3 Å². The van der Waals surface area contributed by atoms with Gasteiger partial charge in [0.2, 0.25) is 0 Å². The molecule has 1 aromatic rings. The summed E-state index contributed by atoms with van der Waals surface area (Å²) >= 11 is 5.70. The molecule has 0 spiro atoms. The summed E-state index contributed by atoms with van der Waals surface area (Å²) in [6.07, 6.45) is 0. The van der Waals surface area contributed by atoms with Crippen LogP contribution < -0.4 is 0 Å². The molecule has 0 unspecified atom stereocenters. The Hall–Kier alpha value is -1.35. The molecule has 0 saturated heterocycles. The molecule has 1 rings (SSSR count). The fourth-order valence-electron chi connectivity index (χ4n) is 1.02. The van der Waals surface area contributed by atoms with Crippen molar-refractivity contribution in [2.45, 2.75) is 20.8 Å². The van der Waals surface area contributed by atoms with Gasteiger partial charge >= 0.3 is 5.97 Å². The van der Waals surface area contributed by atoms with Gasteiger partial charge in [-0.25, -0.2) is 4.79 Å². The van der Waals surface area contributed by atoms with Crippen LogP contribution in [0.4, 0.5) is 0 Å². The van der Waals surface area contributed by atoms with Gasteiger partial charge in [-0.05, 0) is 24.3 Å². The number of esters is 1. The first kappa shape index (κ1) is 13.7. The van der Waals surface area contributed by atoms with Gasteiger partial charge in [0.15, 0.2) is 12.4 Å². The summed E-state index contributed by atoms with van der Waals surface area (Å²) in [4.78, 5) is 23.1. The molecule has 0 aliphatic carbocycles. The highest BCUT2D eigenvalue weighted by Gasteiger charge is 2.22. The van der Waals surface area contributed by atoms with Crippen molar-refractivity contribution in [3.05, 3.63) is 34.9 Å². The largest absolute Gasteiger partial charge is 0.454 e. The first-order valence-electron chi connectivity index (χ1n) is 5.26. The molecule has 1 aromatic carbocycles. The van der Waals surface area contributed by atoms with E-state index in [1.54, 1.807) is 45.0 Å². The molecule has 0 aliphatic rings. The van der Waals surface area contributed by atoms with Crippen LogP contribution in [0.1, 0.15) is 31.1 Å². The Balaban J connectivity index is 2.56. The molecule has 0 amide bonds. The van der Waals surface area contributed by atoms with Gasteiger partial charge in [-0.1, -0.05) is 32.4 Å². The average molecular weight is 255 g/mol. The van der Waals surface area contributed by atoms with Gasteiger partial charge in [0.05, 0.1) is 5.56 Å². The number of Topliss-reactive ketones (excluding diaryl/α,β-unsaturated/α-hetero) is 1. The molecule has 4 heteroatoms. The van der Waals surface area contributed by atoms with Gasteiger partial charge in [0.1, 0.15) is 0 Å². The molecule has 0 saturated carbocycles. The zero-order valence-corrected chi connectivity index (χ0v) is 10.9. The Morgan fingerprint density at radius 3 is 2.18 bits per heavy atom. The van der Waals surface area contributed by atoms with Gasteiger partial charge in [-0.15, -0.1) is 0 Å². The number of rotatable bonds is 3. The summed E-state index contributed by atoms with van der Waals surface area (Å²) in [7, 11) is 0. The SMILES string of the molecule is CC(C)(C)C(=O)COC(=O)c1ccc(Cl)cc1. The van der Waals surface area contributed by atoms with Crippen molar-refractivity contribution >= 4 is 23.4 Å². The molecule has 17 heavy (non-hydrogen) atoms. The molecule has 0 aliphatic heterocycles.